The molecule has 0 aromatic heterocycles. The molecule has 2 aliphatic carbocycles. The molecule has 2 heteroatoms. The van der Waals surface area contributed by atoms with Crippen molar-refractivity contribution < 1.29 is 8.78 Å². The van der Waals surface area contributed by atoms with Crippen LogP contribution in [0.15, 0.2) is 12.2 Å². The minimum atomic E-state index is -1.48. The molecule has 0 radical (unpaired) electrons. The van der Waals surface area contributed by atoms with Crippen LogP contribution in [0.3, 0.4) is 0 Å². The monoisotopic (exact) mass is 270 g/mol. The molecule has 2 rings (SSSR count). The third kappa shape index (κ3) is 4.89. The highest BCUT2D eigenvalue weighted by Gasteiger charge is 2.26. The smallest absolute Gasteiger partial charge is 0.174 e. The van der Waals surface area contributed by atoms with Gasteiger partial charge in [0.2, 0.25) is 0 Å². The lowest BCUT2D eigenvalue weighted by atomic mass is 9.73. The molecule has 0 bridgehead atoms. The Bertz CT molecular complexity index is 278. The van der Waals surface area contributed by atoms with Crippen molar-refractivity contribution in [1.29, 1.82) is 0 Å². The van der Waals surface area contributed by atoms with Crippen molar-refractivity contribution in [3.8, 4) is 0 Å². The molecule has 0 aromatic rings. The summed E-state index contributed by atoms with van der Waals surface area (Å²) in [4.78, 5) is 0. The molecule has 0 nitrogen and oxygen atoms in total. The summed E-state index contributed by atoms with van der Waals surface area (Å²) in [5.41, 5.74) is 0. The van der Waals surface area contributed by atoms with Crippen molar-refractivity contribution in [2.45, 2.75) is 71.1 Å². The van der Waals surface area contributed by atoms with E-state index in [1.165, 1.54) is 57.4 Å². The average molecular weight is 270 g/mol. The van der Waals surface area contributed by atoms with Gasteiger partial charge in [-0.2, -0.15) is 8.78 Å². The van der Waals surface area contributed by atoms with Gasteiger partial charge < -0.3 is 0 Å². The fraction of sp³-hybridized carbons (Fsp3) is 0.882. The Kier molecular flexibility index (Phi) is 5.84. The quantitative estimate of drug-likeness (QED) is 0.572. The minimum absolute atomic E-state index is 0.150. The zero-order valence-electron chi connectivity index (χ0n) is 12.2. The Labute approximate surface area is 116 Å². The summed E-state index contributed by atoms with van der Waals surface area (Å²) in [5.74, 6) is 2.87. The number of rotatable bonds is 4. The van der Waals surface area contributed by atoms with Crippen LogP contribution in [0.25, 0.3) is 0 Å². The second-order valence-corrected chi connectivity index (χ2v) is 6.77. The van der Waals surface area contributed by atoms with Crippen LogP contribution >= 0.6 is 0 Å². The second kappa shape index (κ2) is 7.40. The molecule has 0 unspecified atom stereocenters. The predicted molar refractivity (Wildman–Crippen MR) is 76.1 cm³/mol. The summed E-state index contributed by atoms with van der Waals surface area (Å²) in [5, 5.41) is 0. The van der Waals surface area contributed by atoms with Gasteiger partial charge in [0.1, 0.15) is 0 Å². The molecule has 0 aliphatic heterocycles. The van der Waals surface area contributed by atoms with E-state index in [2.05, 4.69) is 6.92 Å². The molecule has 0 N–H and O–H groups in total. The van der Waals surface area contributed by atoms with E-state index in [0.717, 1.165) is 30.6 Å². The first-order chi connectivity index (χ1) is 9.17. The maximum Gasteiger partial charge on any atom is 0.266 e. The third-order valence-corrected chi connectivity index (χ3v) is 5.46. The summed E-state index contributed by atoms with van der Waals surface area (Å²) in [6.07, 6.45) is 12.4. The summed E-state index contributed by atoms with van der Waals surface area (Å²) >= 11 is 0. The number of hydrogen-bond acceptors (Lipinski definition) is 0. The van der Waals surface area contributed by atoms with Crippen LogP contribution in [0.1, 0.15) is 71.1 Å². The molecular weight excluding hydrogens is 242 g/mol. The Morgan fingerprint density at radius 2 is 1.32 bits per heavy atom. The molecule has 0 atom stereocenters. The second-order valence-electron chi connectivity index (χ2n) is 6.77. The van der Waals surface area contributed by atoms with Gasteiger partial charge in [0, 0.05) is 0 Å². The first kappa shape index (κ1) is 15.0. The topological polar surface area (TPSA) is 0 Å². The molecule has 0 amide bonds. The van der Waals surface area contributed by atoms with Crippen LogP contribution in [0.2, 0.25) is 0 Å². The van der Waals surface area contributed by atoms with Crippen LogP contribution in [-0.2, 0) is 0 Å². The Hall–Kier alpha value is -0.400. The highest BCUT2D eigenvalue weighted by Crippen LogP contribution is 2.39. The van der Waals surface area contributed by atoms with Gasteiger partial charge in [-0.3, -0.25) is 0 Å². The van der Waals surface area contributed by atoms with Crippen molar-refractivity contribution in [2.24, 2.45) is 23.7 Å². The SMILES string of the molecule is CCC1CCC(CC2CCC(C=C(F)F)CC2)CC1. The maximum atomic E-state index is 12.2. The van der Waals surface area contributed by atoms with E-state index in [1.807, 2.05) is 0 Å². The fourth-order valence-electron chi connectivity index (χ4n) is 4.12. The van der Waals surface area contributed by atoms with Crippen molar-refractivity contribution >= 4 is 0 Å². The van der Waals surface area contributed by atoms with Gasteiger partial charge in [-0.15, -0.1) is 0 Å². The van der Waals surface area contributed by atoms with Gasteiger partial charge in [0.05, 0.1) is 0 Å². The highest BCUT2D eigenvalue weighted by molar-refractivity contribution is 4.91. The summed E-state index contributed by atoms with van der Waals surface area (Å²) in [6.45, 7) is 2.31. The van der Waals surface area contributed by atoms with E-state index in [4.69, 9.17) is 0 Å². The number of allylic oxidation sites excluding steroid dienone is 1. The molecule has 2 aliphatic rings. The van der Waals surface area contributed by atoms with Crippen LogP contribution in [0.5, 0.6) is 0 Å². The zero-order valence-corrected chi connectivity index (χ0v) is 12.2. The van der Waals surface area contributed by atoms with E-state index in [9.17, 15) is 8.78 Å². The fourth-order valence-corrected chi connectivity index (χ4v) is 4.12. The van der Waals surface area contributed by atoms with Gasteiger partial charge in [-0.1, -0.05) is 39.0 Å². The van der Waals surface area contributed by atoms with Crippen LogP contribution in [0.4, 0.5) is 8.78 Å². The summed E-state index contributed by atoms with van der Waals surface area (Å²) < 4.78 is 24.4. The minimum Gasteiger partial charge on any atom is -0.174 e. The number of halogens is 2. The molecule has 0 aromatic carbocycles. The molecule has 0 saturated heterocycles. The van der Waals surface area contributed by atoms with Crippen molar-refractivity contribution in [3.05, 3.63) is 12.2 Å². The predicted octanol–water partition coefficient (Wildman–Crippen LogP) is 6.18. The molecular formula is C17H28F2. The van der Waals surface area contributed by atoms with Gasteiger partial charge in [-0.25, -0.2) is 0 Å². The lowest BCUT2D eigenvalue weighted by Crippen LogP contribution is -2.20. The van der Waals surface area contributed by atoms with E-state index in [1.54, 1.807) is 0 Å². The van der Waals surface area contributed by atoms with Crippen LogP contribution in [-0.4, -0.2) is 0 Å². The summed E-state index contributed by atoms with van der Waals surface area (Å²) in [7, 11) is 0. The summed E-state index contributed by atoms with van der Waals surface area (Å²) in [6, 6.07) is 0. The van der Waals surface area contributed by atoms with Gasteiger partial charge in [0.15, 0.2) is 0 Å². The maximum absolute atomic E-state index is 12.2. The number of hydrogen-bond donors (Lipinski definition) is 0. The molecule has 19 heavy (non-hydrogen) atoms. The molecule has 0 heterocycles. The van der Waals surface area contributed by atoms with Gasteiger partial charge in [-0.05, 0) is 61.9 Å². The molecule has 0 spiro atoms. The van der Waals surface area contributed by atoms with Crippen molar-refractivity contribution in [2.75, 3.05) is 0 Å². The largest absolute Gasteiger partial charge is 0.266 e. The normalized spacial score (nSPS) is 35.9. The van der Waals surface area contributed by atoms with E-state index >= 15 is 0 Å². The molecule has 2 fully saturated rings. The van der Waals surface area contributed by atoms with Gasteiger partial charge in [0.25, 0.3) is 6.08 Å². The van der Waals surface area contributed by atoms with E-state index in [-0.39, 0.29) is 5.92 Å². The van der Waals surface area contributed by atoms with Crippen molar-refractivity contribution in [3.63, 3.8) is 0 Å². The average Bonchev–Trinajstić information content (AvgIpc) is 2.41. The lowest BCUT2D eigenvalue weighted by Gasteiger charge is -2.33. The highest BCUT2D eigenvalue weighted by atomic mass is 19.3. The Balaban J connectivity index is 1.67. The first-order valence-corrected chi connectivity index (χ1v) is 8.20. The van der Waals surface area contributed by atoms with Gasteiger partial charge >= 0.3 is 0 Å². The lowest BCUT2D eigenvalue weighted by molar-refractivity contribution is 0.198. The zero-order chi connectivity index (χ0) is 13.7. The van der Waals surface area contributed by atoms with E-state index < -0.39 is 6.08 Å². The molecule has 110 valence electrons. The van der Waals surface area contributed by atoms with Crippen LogP contribution in [0, 0.1) is 23.7 Å². The molecule has 2 saturated carbocycles. The standard InChI is InChI=1S/C17H28F2/c1-2-13-3-5-14(6-4-13)11-15-7-9-16(10-8-15)12-17(18)19/h12-16H,2-11H2,1H3. The third-order valence-electron chi connectivity index (χ3n) is 5.46. The Morgan fingerprint density at radius 3 is 1.79 bits per heavy atom. The van der Waals surface area contributed by atoms with Crippen LogP contribution < -0.4 is 0 Å². The first-order valence-electron chi connectivity index (χ1n) is 8.20. The van der Waals surface area contributed by atoms with Crippen molar-refractivity contribution in [1.82, 2.24) is 0 Å². The van der Waals surface area contributed by atoms with E-state index in [0.29, 0.717) is 0 Å². The Morgan fingerprint density at radius 1 is 0.842 bits per heavy atom.